The first kappa shape index (κ1) is 23.2. The molecule has 4 aromatic heterocycles. The van der Waals surface area contributed by atoms with E-state index in [1.807, 2.05) is 36.4 Å². The number of hydrogen-bond acceptors (Lipinski definition) is 7. The molecule has 6 aromatic rings. The van der Waals surface area contributed by atoms with Gasteiger partial charge in [0.25, 0.3) is 5.91 Å². The zero-order valence-corrected chi connectivity index (χ0v) is 21.9. The lowest BCUT2D eigenvalue weighted by molar-refractivity contribution is 0.102. The van der Waals surface area contributed by atoms with E-state index < -0.39 is 11.5 Å². The van der Waals surface area contributed by atoms with Gasteiger partial charge in [0.05, 0.1) is 10.2 Å². The van der Waals surface area contributed by atoms with Crippen LogP contribution < -0.4 is 10.9 Å². The third kappa shape index (κ3) is 4.43. The molecule has 2 aromatic carbocycles. The smallest absolute Gasteiger partial charge is 0.349 e. The number of halogens is 2. The van der Waals surface area contributed by atoms with Gasteiger partial charge in [0.15, 0.2) is 17.1 Å². The molecule has 0 fully saturated rings. The Labute approximate surface area is 225 Å². The Kier molecular flexibility index (Phi) is 5.85. The average Bonchev–Trinajstić information content (AvgIpc) is 3.33. The standard InChI is InChI=1S/C26H14Br2N6O3/c27-17-11-16-12-19(26(36)37-23(16)20(28)13-17)25(35)30-18-3-1-14(2-4-18)21-5-6-22-31-32-24(34(22)33-21)15-7-9-29-10-8-15/h1-13H,(H,30,35). The van der Waals surface area contributed by atoms with Gasteiger partial charge >= 0.3 is 5.63 Å². The number of fused-ring (bicyclic) bond motifs is 2. The van der Waals surface area contributed by atoms with Crippen molar-refractivity contribution in [2.75, 3.05) is 5.32 Å². The molecule has 0 aliphatic carbocycles. The van der Waals surface area contributed by atoms with Gasteiger partial charge in [0.2, 0.25) is 0 Å². The van der Waals surface area contributed by atoms with E-state index in [9.17, 15) is 9.59 Å². The lowest BCUT2D eigenvalue weighted by Gasteiger charge is -2.08. The van der Waals surface area contributed by atoms with Crippen LogP contribution in [-0.4, -0.2) is 30.7 Å². The molecule has 0 aliphatic heterocycles. The summed E-state index contributed by atoms with van der Waals surface area (Å²) < 4.78 is 8.45. The van der Waals surface area contributed by atoms with E-state index in [-0.39, 0.29) is 5.56 Å². The molecule has 37 heavy (non-hydrogen) atoms. The minimum atomic E-state index is -0.721. The van der Waals surface area contributed by atoms with Crippen molar-refractivity contribution in [1.29, 1.82) is 0 Å². The van der Waals surface area contributed by atoms with Crippen molar-refractivity contribution in [3.05, 3.63) is 104 Å². The fraction of sp³-hybridized carbons (Fsp3) is 0. The van der Waals surface area contributed by atoms with Crippen LogP contribution >= 0.6 is 31.9 Å². The number of carbonyl (C=O) groups excluding carboxylic acids is 1. The molecule has 1 amide bonds. The van der Waals surface area contributed by atoms with Gasteiger partial charge in [-0.15, -0.1) is 10.2 Å². The van der Waals surface area contributed by atoms with Gasteiger partial charge in [-0.3, -0.25) is 9.78 Å². The lowest BCUT2D eigenvalue weighted by atomic mass is 10.1. The number of amides is 1. The number of nitrogens with zero attached hydrogens (tertiary/aromatic N) is 5. The maximum absolute atomic E-state index is 12.9. The summed E-state index contributed by atoms with van der Waals surface area (Å²) in [5.74, 6) is 0.0435. The Bertz CT molecular complexity index is 1870. The Hall–Kier alpha value is -4.22. The minimum absolute atomic E-state index is 0.0926. The first-order chi connectivity index (χ1) is 18.0. The quantitative estimate of drug-likeness (QED) is 0.251. The molecule has 0 aliphatic rings. The Morgan fingerprint density at radius 2 is 1.68 bits per heavy atom. The molecule has 6 rings (SSSR count). The van der Waals surface area contributed by atoms with Crippen LogP contribution in [0.4, 0.5) is 5.69 Å². The summed E-state index contributed by atoms with van der Waals surface area (Å²) in [7, 11) is 0. The number of nitrogens with one attached hydrogen (secondary N) is 1. The second-order valence-corrected chi connectivity index (χ2v) is 9.80. The van der Waals surface area contributed by atoms with Gasteiger partial charge in [-0.25, -0.2) is 4.79 Å². The third-order valence-corrected chi connectivity index (χ3v) is 6.68. The van der Waals surface area contributed by atoms with Crippen LogP contribution in [0.3, 0.4) is 0 Å². The fourth-order valence-corrected chi connectivity index (χ4v) is 5.20. The van der Waals surface area contributed by atoms with Crippen LogP contribution in [0.1, 0.15) is 10.4 Å². The summed E-state index contributed by atoms with van der Waals surface area (Å²) in [5, 5.41) is 16.5. The molecule has 1 N–H and O–H groups in total. The number of benzene rings is 2. The van der Waals surface area contributed by atoms with Crippen LogP contribution in [0.5, 0.6) is 0 Å². The van der Waals surface area contributed by atoms with E-state index >= 15 is 0 Å². The first-order valence-corrected chi connectivity index (χ1v) is 12.5. The largest absolute Gasteiger partial charge is 0.421 e. The van der Waals surface area contributed by atoms with Crippen molar-refractivity contribution in [3.8, 4) is 22.6 Å². The summed E-state index contributed by atoms with van der Waals surface area (Å²) in [6, 6.07) is 19.6. The first-order valence-electron chi connectivity index (χ1n) is 10.9. The number of pyridine rings is 1. The molecule has 180 valence electrons. The van der Waals surface area contributed by atoms with Crippen LogP contribution in [-0.2, 0) is 0 Å². The normalized spacial score (nSPS) is 11.2. The van der Waals surface area contributed by atoms with E-state index in [0.717, 1.165) is 15.6 Å². The van der Waals surface area contributed by atoms with Crippen molar-refractivity contribution < 1.29 is 9.21 Å². The highest BCUT2D eigenvalue weighted by atomic mass is 79.9. The molecule has 0 radical (unpaired) electrons. The van der Waals surface area contributed by atoms with Crippen molar-refractivity contribution in [2.24, 2.45) is 0 Å². The maximum Gasteiger partial charge on any atom is 0.349 e. The highest BCUT2D eigenvalue weighted by molar-refractivity contribution is 9.11. The van der Waals surface area contributed by atoms with Crippen molar-refractivity contribution in [2.45, 2.75) is 0 Å². The van der Waals surface area contributed by atoms with Gasteiger partial charge in [0, 0.05) is 39.1 Å². The predicted octanol–water partition coefficient (Wildman–Crippen LogP) is 5.74. The van der Waals surface area contributed by atoms with Crippen LogP contribution in [0, 0.1) is 0 Å². The summed E-state index contributed by atoms with van der Waals surface area (Å²) in [4.78, 5) is 29.4. The molecule has 0 bridgehead atoms. The molecule has 11 heteroatoms. The summed E-state index contributed by atoms with van der Waals surface area (Å²) in [5.41, 5.74) is 3.08. The summed E-state index contributed by atoms with van der Waals surface area (Å²) in [6.45, 7) is 0. The molecule has 0 saturated carbocycles. The van der Waals surface area contributed by atoms with E-state index in [1.54, 1.807) is 41.2 Å². The van der Waals surface area contributed by atoms with Crippen LogP contribution in [0.2, 0.25) is 0 Å². The molecule has 0 atom stereocenters. The number of aromatic nitrogens is 5. The van der Waals surface area contributed by atoms with Gasteiger partial charge in [-0.05, 0) is 70.5 Å². The van der Waals surface area contributed by atoms with Crippen LogP contribution in [0.15, 0.2) is 97.3 Å². The van der Waals surface area contributed by atoms with Crippen molar-refractivity contribution >= 4 is 60.1 Å². The molecule has 0 saturated heterocycles. The number of hydrogen-bond donors (Lipinski definition) is 1. The van der Waals surface area contributed by atoms with E-state index in [0.29, 0.717) is 38.3 Å². The number of carbonyl (C=O) groups is 1. The Balaban J connectivity index is 1.27. The van der Waals surface area contributed by atoms with Gasteiger partial charge in [-0.2, -0.15) is 9.61 Å². The SMILES string of the molecule is O=C(Nc1ccc(-c2ccc3nnc(-c4ccncc4)n3n2)cc1)c1cc2cc(Br)cc(Br)c2oc1=O. The molecule has 9 nitrogen and oxygen atoms in total. The molecular formula is C26H14Br2N6O3. The van der Waals surface area contributed by atoms with Crippen LogP contribution in [0.25, 0.3) is 39.3 Å². The van der Waals surface area contributed by atoms with E-state index in [2.05, 4.69) is 52.4 Å². The van der Waals surface area contributed by atoms with Crippen molar-refractivity contribution in [3.63, 3.8) is 0 Å². The maximum atomic E-state index is 12.9. The fourth-order valence-electron chi connectivity index (χ4n) is 3.86. The second-order valence-electron chi connectivity index (χ2n) is 8.03. The lowest BCUT2D eigenvalue weighted by Crippen LogP contribution is -2.20. The minimum Gasteiger partial charge on any atom is -0.421 e. The number of anilines is 1. The third-order valence-electron chi connectivity index (χ3n) is 5.64. The zero-order valence-electron chi connectivity index (χ0n) is 18.7. The molecule has 0 spiro atoms. The molecular weight excluding hydrogens is 604 g/mol. The average molecular weight is 618 g/mol. The van der Waals surface area contributed by atoms with Crippen molar-refractivity contribution in [1.82, 2.24) is 24.8 Å². The topological polar surface area (TPSA) is 115 Å². The van der Waals surface area contributed by atoms with E-state index in [1.165, 1.54) is 6.07 Å². The highest BCUT2D eigenvalue weighted by Gasteiger charge is 2.16. The Morgan fingerprint density at radius 3 is 2.46 bits per heavy atom. The van der Waals surface area contributed by atoms with Gasteiger partial charge in [-0.1, -0.05) is 28.1 Å². The zero-order chi connectivity index (χ0) is 25.5. The second kappa shape index (κ2) is 9.34. The summed E-state index contributed by atoms with van der Waals surface area (Å²) >= 11 is 6.77. The Morgan fingerprint density at radius 1 is 0.892 bits per heavy atom. The van der Waals surface area contributed by atoms with Gasteiger partial charge in [0.1, 0.15) is 5.56 Å². The predicted molar refractivity (Wildman–Crippen MR) is 145 cm³/mol. The summed E-state index contributed by atoms with van der Waals surface area (Å²) in [6.07, 6.45) is 3.37. The monoisotopic (exact) mass is 616 g/mol. The molecule has 0 unspecified atom stereocenters. The molecule has 4 heterocycles. The number of rotatable bonds is 4. The van der Waals surface area contributed by atoms with Gasteiger partial charge < -0.3 is 9.73 Å². The highest BCUT2D eigenvalue weighted by Crippen LogP contribution is 2.28. The van der Waals surface area contributed by atoms with E-state index in [4.69, 9.17) is 9.52 Å².